The quantitative estimate of drug-likeness (QED) is 0.537. The monoisotopic (exact) mass is 513 g/mol. The van der Waals surface area contributed by atoms with Crippen LogP contribution < -0.4 is 10.6 Å². The van der Waals surface area contributed by atoms with E-state index in [9.17, 15) is 9.90 Å². The van der Waals surface area contributed by atoms with Crippen LogP contribution in [0.25, 0.3) is 21.6 Å². The Bertz CT molecular complexity index is 1240. The Balaban J connectivity index is 1.47. The van der Waals surface area contributed by atoms with Crippen LogP contribution in [-0.4, -0.2) is 81.0 Å². The lowest BCUT2D eigenvalue weighted by Gasteiger charge is -2.38. The van der Waals surface area contributed by atoms with Crippen LogP contribution in [0, 0.1) is 0 Å². The van der Waals surface area contributed by atoms with Crippen LogP contribution in [0.1, 0.15) is 38.5 Å². The molecule has 2 aliphatic heterocycles. The van der Waals surface area contributed by atoms with E-state index in [4.69, 9.17) is 25.2 Å². The van der Waals surface area contributed by atoms with E-state index in [-0.39, 0.29) is 12.0 Å². The summed E-state index contributed by atoms with van der Waals surface area (Å²) >= 11 is 1.51. The van der Waals surface area contributed by atoms with Gasteiger partial charge in [-0.3, -0.25) is 0 Å². The lowest BCUT2D eigenvalue weighted by Crippen LogP contribution is -2.46. The first kappa shape index (κ1) is 24.6. The Labute approximate surface area is 213 Å². The molecule has 0 saturated carbocycles. The number of rotatable bonds is 3. The Hall–Kier alpha value is -3.09. The van der Waals surface area contributed by atoms with Gasteiger partial charge in [0.05, 0.1) is 29.0 Å². The molecule has 192 valence electrons. The maximum Gasteiger partial charge on any atom is 0.410 e. The summed E-state index contributed by atoms with van der Waals surface area (Å²) < 4.78 is 12.0. The van der Waals surface area contributed by atoms with Gasteiger partial charge in [-0.25, -0.2) is 24.7 Å². The number of amides is 1. The number of nitrogens with zero attached hydrogens (tertiary/aromatic N) is 6. The number of aromatic nitrogens is 4. The zero-order valence-electron chi connectivity index (χ0n) is 20.7. The summed E-state index contributed by atoms with van der Waals surface area (Å²) in [6.45, 7) is 9.04. The number of anilines is 2. The molecular formula is C24H31N7O4S. The number of hydrogen-bond acceptors (Lipinski definition) is 11. The fourth-order valence-electron chi connectivity index (χ4n) is 4.35. The number of nitrogens with two attached hydrogens (primary N) is 1. The third-order valence-corrected chi connectivity index (χ3v) is 7.61. The second-order valence-electron chi connectivity index (χ2n) is 10.1. The van der Waals surface area contributed by atoms with E-state index in [1.165, 1.54) is 11.3 Å². The highest BCUT2D eigenvalue weighted by Gasteiger charge is 2.38. The molecule has 2 saturated heterocycles. The third-order valence-electron chi connectivity index (χ3n) is 6.30. The summed E-state index contributed by atoms with van der Waals surface area (Å²) in [6, 6.07) is 1.94. The normalized spacial score (nSPS) is 18.4. The van der Waals surface area contributed by atoms with E-state index in [0.29, 0.717) is 63.6 Å². The van der Waals surface area contributed by atoms with Crippen molar-refractivity contribution in [1.29, 1.82) is 0 Å². The highest BCUT2D eigenvalue weighted by Crippen LogP contribution is 2.42. The molecule has 3 N–H and O–H groups in total. The fourth-order valence-corrected chi connectivity index (χ4v) is 5.61. The number of likely N-dealkylation sites (tertiary alicyclic amines) is 1. The zero-order chi connectivity index (χ0) is 25.5. The third kappa shape index (κ3) is 5.06. The number of fused-ring (bicyclic) bond motifs is 1. The van der Waals surface area contributed by atoms with Gasteiger partial charge in [-0.1, -0.05) is 0 Å². The standard InChI is InChI=1S/C24H31N7O4S/c1-23(2,3)35-22(32)31-6-4-24(33,5-7-31)17-12-16-18(36-17)20(30-8-10-34-11-9-30)29-19(28-16)15-13-26-21(25)27-14-15/h12-14,33H,4-11H2,1-3H3,(H2,25,26,27). The second-order valence-corrected chi connectivity index (χ2v) is 11.2. The van der Waals surface area contributed by atoms with E-state index >= 15 is 0 Å². The Kier molecular flexibility index (Phi) is 6.43. The number of ether oxygens (including phenoxy) is 2. The summed E-state index contributed by atoms with van der Waals surface area (Å²) in [5.41, 5.74) is 5.46. The number of morpholine rings is 1. The largest absolute Gasteiger partial charge is 0.444 e. The fraction of sp³-hybridized carbons (Fsp3) is 0.542. The molecule has 2 fully saturated rings. The molecule has 2 aliphatic rings. The Morgan fingerprint density at radius 2 is 1.81 bits per heavy atom. The smallest absolute Gasteiger partial charge is 0.410 e. The van der Waals surface area contributed by atoms with Crippen molar-refractivity contribution in [2.24, 2.45) is 0 Å². The van der Waals surface area contributed by atoms with Crippen LogP contribution in [0.5, 0.6) is 0 Å². The van der Waals surface area contributed by atoms with E-state index in [1.807, 2.05) is 26.8 Å². The Morgan fingerprint density at radius 3 is 2.44 bits per heavy atom. The lowest BCUT2D eigenvalue weighted by molar-refractivity contribution is -0.0334. The lowest BCUT2D eigenvalue weighted by atomic mass is 9.90. The number of piperidine rings is 1. The van der Waals surface area contributed by atoms with Crippen molar-refractivity contribution in [1.82, 2.24) is 24.8 Å². The second kappa shape index (κ2) is 9.41. The molecule has 36 heavy (non-hydrogen) atoms. The molecule has 0 aliphatic carbocycles. The van der Waals surface area contributed by atoms with Crippen LogP contribution in [0.3, 0.4) is 0 Å². The molecule has 5 rings (SSSR count). The summed E-state index contributed by atoms with van der Waals surface area (Å²) in [5.74, 6) is 1.49. The highest BCUT2D eigenvalue weighted by molar-refractivity contribution is 7.19. The van der Waals surface area contributed by atoms with Gasteiger partial charge in [0.1, 0.15) is 11.2 Å². The van der Waals surface area contributed by atoms with Gasteiger partial charge in [0.2, 0.25) is 5.95 Å². The van der Waals surface area contributed by atoms with Crippen molar-refractivity contribution in [2.75, 3.05) is 50.0 Å². The van der Waals surface area contributed by atoms with E-state index in [2.05, 4.69) is 14.9 Å². The SMILES string of the molecule is CC(C)(C)OC(=O)N1CCC(O)(c2cc3nc(-c4cnc(N)nc4)nc(N4CCOCC4)c3s2)CC1. The molecule has 0 radical (unpaired) electrons. The Morgan fingerprint density at radius 1 is 1.14 bits per heavy atom. The van der Waals surface area contributed by atoms with E-state index in [1.54, 1.807) is 17.3 Å². The number of hydrogen-bond donors (Lipinski definition) is 2. The van der Waals surface area contributed by atoms with Gasteiger partial charge >= 0.3 is 6.09 Å². The molecule has 5 heterocycles. The number of nitrogen functional groups attached to an aromatic ring is 1. The highest BCUT2D eigenvalue weighted by atomic mass is 32.1. The minimum absolute atomic E-state index is 0.186. The predicted molar refractivity (Wildman–Crippen MR) is 137 cm³/mol. The first-order valence-electron chi connectivity index (χ1n) is 12.0. The number of carbonyl (C=O) groups excluding carboxylic acids is 1. The number of thiophene rings is 1. The average molecular weight is 514 g/mol. The number of carbonyl (C=O) groups is 1. The van der Waals surface area contributed by atoms with Crippen molar-refractivity contribution >= 4 is 39.4 Å². The van der Waals surface area contributed by atoms with Gasteiger partial charge < -0.3 is 30.1 Å². The molecule has 0 aromatic carbocycles. The molecule has 3 aromatic rings. The van der Waals surface area contributed by atoms with Crippen LogP contribution in [0.15, 0.2) is 18.5 Å². The molecule has 11 nitrogen and oxygen atoms in total. The van der Waals surface area contributed by atoms with Crippen molar-refractivity contribution in [3.63, 3.8) is 0 Å². The summed E-state index contributed by atoms with van der Waals surface area (Å²) in [6.07, 6.45) is 3.70. The van der Waals surface area contributed by atoms with Crippen LogP contribution >= 0.6 is 11.3 Å². The first-order chi connectivity index (χ1) is 17.1. The van der Waals surface area contributed by atoms with Gasteiger partial charge in [-0.05, 0) is 39.7 Å². The van der Waals surface area contributed by atoms with Gasteiger partial charge in [0.15, 0.2) is 11.6 Å². The van der Waals surface area contributed by atoms with Crippen LogP contribution in [0.4, 0.5) is 16.6 Å². The summed E-state index contributed by atoms with van der Waals surface area (Å²) in [5, 5.41) is 11.6. The molecule has 0 bridgehead atoms. The topological polar surface area (TPSA) is 140 Å². The van der Waals surface area contributed by atoms with Crippen molar-refractivity contribution in [2.45, 2.75) is 44.8 Å². The summed E-state index contributed by atoms with van der Waals surface area (Å²) in [4.78, 5) is 35.0. The van der Waals surface area contributed by atoms with Gasteiger partial charge in [-0.2, -0.15) is 0 Å². The first-order valence-corrected chi connectivity index (χ1v) is 12.9. The van der Waals surface area contributed by atoms with E-state index in [0.717, 1.165) is 20.9 Å². The molecule has 12 heteroatoms. The van der Waals surface area contributed by atoms with E-state index < -0.39 is 11.2 Å². The molecule has 0 unspecified atom stereocenters. The average Bonchev–Trinajstić information content (AvgIpc) is 3.29. The predicted octanol–water partition coefficient (Wildman–Crippen LogP) is 2.79. The van der Waals surface area contributed by atoms with Crippen molar-refractivity contribution < 1.29 is 19.4 Å². The maximum absolute atomic E-state index is 12.5. The van der Waals surface area contributed by atoms with Gasteiger partial charge in [0, 0.05) is 43.4 Å². The van der Waals surface area contributed by atoms with Crippen molar-refractivity contribution in [3.8, 4) is 11.4 Å². The van der Waals surface area contributed by atoms with Gasteiger partial charge in [0.25, 0.3) is 0 Å². The van der Waals surface area contributed by atoms with Crippen LogP contribution in [-0.2, 0) is 15.1 Å². The molecule has 0 spiro atoms. The van der Waals surface area contributed by atoms with Crippen molar-refractivity contribution in [3.05, 3.63) is 23.3 Å². The zero-order valence-corrected chi connectivity index (χ0v) is 21.5. The molecule has 1 amide bonds. The molecular weight excluding hydrogens is 482 g/mol. The van der Waals surface area contributed by atoms with Gasteiger partial charge in [-0.15, -0.1) is 11.3 Å². The molecule has 3 aromatic heterocycles. The molecule has 0 atom stereocenters. The minimum Gasteiger partial charge on any atom is -0.444 e. The van der Waals surface area contributed by atoms with Crippen LogP contribution in [0.2, 0.25) is 0 Å². The summed E-state index contributed by atoms with van der Waals surface area (Å²) in [7, 11) is 0. The number of aliphatic hydroxyl groups is 1. The minimum atomic E-state index is -1.06. The maximum atomic E-state index is 12.5.